The van der Waals surface area contributed by atoms with Gasteiger partial charge >= 0.3 is 5.97 Å². The van der Waals surface area contributed by atoms with E-state index in [9.17, 15) is 9.59 Å². The molecule has 0 unspecified atom stereocenters. The van der Waals surface area contributed by atoms with E-state index in [1.165, 1.54) is 83.1 Å². The molecule has 0 radical (unpaired) electrons. The Hall–Kier alpha value is -1.12. The Morgan fingerprint density at radius 3 is 1.43 bits per heavy atom. The van der Waals surface area contributed by atoms with Crippen LogP contribution < -0.4 is 0 Å². The first-order valence-electron chi connectivity index (χ1n) is 9.60. The summed E-state index contributed by atoms with van der Waals surface area (Å²) in [5, 5.41) is 8.42. The van der Waals surface area contributed by atoms with Crippen LogP contribution in [0.15, 0.2) is 12.2 Å². The van der Waals surface area contributed by atoms with Crippen LogP contribution in [0.5, 0.6) is 0 Å². The molecule has 0 saturated carbocycles. The minimum atomic E-state index is -1.06. The number of unbranched alkanes of at least 4 members (excludes halogenated alkanes) is 13. The van der Waals surface area contributed by atoms with E-state index in [1.54, 1.807) is 0 Å². The Balaban J connectivity index is 3.16. The van der Waals surface area contributed by atoms with Gasteiger partial charge in [-0.15, -0.1) is 0 Å². The second-order valence-corrected chi connectivity index (χ2v) is 6.48. The molecule has 0 rings (SSSR count). The fraction of sp³-hybridized carbons (Fsp3) is 0.800. The number of aliphatic carboxylic acids is 1. The maximum atomic E-state index is 11.3. The summed E-state index contributed by atoms with van der Waals surface area (Å²) in [5.74, 6) is -1.13. The van der Waals surface area contributed by atoms with Crippen LogP contribution in [0.25, 0.3) is 0 Å². The molecule has 3 nitrogen and oxygen atoms in total. The second-order valence-electron chi connectivity index (χ2n) is 6.48. The van der Waals surface area contributed by atoms with Crippen LogP contribution in [0.1, 0.15) is 103 Å². The largest absolute Gasteiger partial charge is 0.478 e. The Bertz CT molecular complexity index is 321. The van der Waals surface area contributed by atoms with Gasteiger partial charge in [-0.2, -0.15) is 0 Å². The molecule has 0 aliphatic heterocycles. The Kier molecular flexibility index (Phi) is 16.4. The maximum Gasteiger partial charge on any atom is 0.328 e. The summed E-state index contributed by atoms with van der Waals surface area (Å²) in [7, 11) is 0. The average Bonchev–Trinajstić information content (AvgIpc) is 2.53. The van der Waals surface area contributed by atoms with E-state index in [-0.39, 0.29) is 5.78 Å². The molecule has 0 aromatic rings. The number of hydrogen-bond acceptors (Lipinski definition) is 2. The second kappa shape index (κ2) is 17.2. The molecule has 0 aliphatic rings. The van der Waals surface area contributed by atoms with Crippen LogP contribution in [-0.4, -0.2) is 16.9 Å². The highest BCUT2D eigenvalue weighted by atomic mass is 16.4. The van der Waals surface area contributed by atoms with Crippen molar-refractivity contribution in [3.8, 4) is 0 Å². The van der Waals surface area contributed by atoms with Crippen LogP contribution in [0.4, 0.5) is 0 Å². The lowest BCUT2D eigenvalue weighted by atomic mass is 10.0. The molecule has 0 amide bonds. The smallest absolute Gasteiger partial charge is 0.328 e. The minimum Gasteiger partial charge on any atom is -0.478 e. The van der Waals surface area contributed by atoms with Gasteiger partial charge in [0.2, 0.25) is 0 Å². The molecule has 3 heteroatoms. The van der Waals surface area contributed by atoms with Crippen molar-refractivity contribution in [2.45, 2.75) is 103 Å². The SMILES string of the molecule is CCCCCCCCCCCCCCCCC(=O)C=CC(=O)O. The molecule has 134 valence electrons. The quantitative estimate of drug-likeness (QED) is 0.261. The number of carboxylic acids is 1. The number of rotatable bonds is 17. The van der Waals surface area contributed by atoms with Crippen molar-refractivity contribution < 1.29 is 14.7 Å². The lowest BCUT2D eigenvalue weighted by molar-refractivity contribution is -0.131. The van der Waals surface area contributed by atoms with Crippen LogP contribution in [-0.2, 0) is 9.59 Å². The van der Waals surface area contributed by atoms with Gasteiger partial charge in [0, 0.05) is 12.5 Å². The first-order chi connectivity index (χ1) is 11.2. The fourth-order valence-corrected chi connectivity index (χ4v) is 2.74. The molecular weight excluding hydrogens is 288 g/mol. The molecule has 0 fully saturated rings. The molecule has 0 aliphatic carbocycles. The molecule has 1 N–H and O–H groups in total. The summed E-state index contributed by atoms with van der Waals surface area (Å²) < 4.78 is 0. The van der Waals surface area contributed by atoms with Crippen molar-refractivity contribution in [3.05, 3.63) is 12.2 Å². The van der Waals surface area contributed by atoms with Gasteiger partial charge in [0.25, 0.3) is 0 Å². The van der Waals surface area contributed by atoms with E-state index in [0.29, 0.717) is 6.42 Å². The predicted octanol–water partition coefficient (Wildman–Crippen LogP) is 6.07. The Labute approximate surface area is 142 Å². The van der Waals surface area contributed by atoms with Gasteiger partial charge in [-0.3, -0.25) is 4.79 Å². The van der Waals surface area contributed by atoms with Crippen molar-refractivity contribution in [1.29, 1.82) is 0 Å². The lowest BCUT2D eigenvalue weighted by Crippen LogP contribution is -1.95. The molecule has 0 atom stereocenters. The third kappa shape index (κ3) is 18.8. The number of carboxylic acid groups (broad SMARTS) is 1. The zero-order chi connectivity index (χ0) is 17.2. The summed E-state index contributed by atoms with van der Waals surface area (Å²) in [4.78, 5) is 21.6. The van der Waals surface area contributed by atoms with E-state index in [2.05, 4.69) is 6.92 Å². The number of allylic oxidation sites excluding steroid dienone is 1. The van der Waals surface area contributed by atoms with Crippen LogP contribution in [0, 0.1) is 0 Å². The molecule has 0 saturated heterocycles. The van der Waals surface area contributed by atoms with Crippen LogP contribution >= 0.6 is 0 Å². The van der Waals surface area contributed by atoms with Gasteiger partial charge in [0.15, 0.2) is 5.78 Å². The van der Waals surface area contributed by atoms with Crippen molar-refractivity contribution in [2.75, 3.05) is 0 Å². The van der Waals surface area contributed by atoms with Crippen LogP contribution in [0.3, 0.4) is 0 Å². The standard InChI is InChI=1S/C20H36O3/c1-2-3-4-5-6-7-8-9-10-11-12-13-14-15-16-19(21)17-18-20(22)23/h17-18H,2-16H2,1H3,(H,22,23). The highest BCUT2D eigenvalue weighted by Crippen LogP contribution is 2.13. The van der Waals surface area contributed by atoms with Gasteiger partial charge in [-0.1, -0.05) is 90.4 Å². The number of carbonyl (C=O) groups excluding carboxylic acids is 1. The van der Waals surface area contributed by atoms with Gasteiger partial charge < -0.3 is 5.11 Å². The van der Waals surface area contributed by atoms with Crippen molar-refractivity contribution >= 4 is 11.8 Å². The Morgan fingerprint density at radius 2 is 1.04 bits per heavy atom. The molecule has 0 aromatic heterocycles. The van der Waals surface area contributed by atoms with Crippen molar-refractivity contribution in [1.82, 2.24) is 0 Å². The van der Waals surface area contributed by atoms with Gasteiger partial charge in [-0.25, -0.2) is 4.79 Å². The van der Waals surface area contributed by atoms with Crippen molar-refractivity contribution in [2.24, 2.45) is 0 Å². The van der Waals surface area contributed by atoms with Gasteiger partial charge in [0.1, 0.15) is 0 Å². The summed E-state index contributed by atoms with van der Waals surface area (Å²) >= 11 is 0. The van der Waals surface area contributed by atoms with E-state index in [1.807, 2.05) is 0 Å². The highest BCUT2D eigenvalue weighted by molar-refractivity contribution is 5.95. The number of hydrogen-bond donors (Lipinski definition) is 1. The fourth-order valence-electron chi connectivity index (χ4n) is 2.74. The molecule has 0 spiro atoms. The lowest BCUT2D eigenvalue weighted by Gasteiger charge is -2.03. The zero-order valence-corrected chi connectivity index (χ0v) is 15.0. The van der Waals surface area contributed by atoms with Crippen molar-refractivity contribution in [3.63, 3.8) is 0 Å². The minimum absolute atomic E-state index is 0.0775. The number of carbonyl (C=O) groups is 2. The molecule has 23 heavy (non-hydrogen) atoms. The van der Waals surface area contributed by atoms with Gasteiger partial charge in [0.05, 0.1) is 0 Å². The highest BCUT2D eigenvalue weighted by Gasteiger charge is 1.98. The first-order valence-corrected chi connectivity index (χ1v) is 9.60. The maximum absolute atomic E-state index is 11.3. The summed E-state index contributed by atoms with van der Waals surface area (Å²) in [5.41, 5.74) is 0. The first kappa shape index (κ1) is 21.9. The van der Waals surface area contributed by atoms with Gasteiger partial charge in [-0.05, 0) is 12.5 Å². The normalized spacial score (nSPS) is 11.2. The van der Waals surface area contributed by atoms with E-state index in [0.717, 1.165) is 18.9 Å². The average molecular weight is 325 g/mol. The summed E-state index contributed by atoms with van der Waals surface area (Å²) in [6, 6.07) is 0. The Morgan fingerprint density at radius 1 is 0.652 bits per heavy atom. The van der Waals surface area contributed by atoms with Crippen LogP contribution in [0.2, 0.25) is 0 Å². The molecule has 0 bridgehead atoms. The van der Waals surface area contributed by atoms with E-state index >= 15 is 0 Å². The zero-order valence-electron chi connectivity index (χ0n) is 15.0. The third-order valence-electron chi connectivity index (χ3n) is 4.19. The third-order valence-corrected chi connectivity index (χ3v) is 4.19. The molecule has 0 aromatic carbocycles. The summed E-state index contributed by atoms with van der Waals surface area (Å²) in [6.45, 7) is 2.26. The summed E-state index contributed by atoms with van der Waals surface area (Å²) in [6.07, 6.45) is 20.7. The molecule has 0 heterocycles. The topological polar surface area (TPSA) is 54.4 Å². The predicted molar refractivity (Wildman–Crippen MR) is 96.7 cm³/mol. The number of ketones is 1. The molecular formula is C20H36O3. The van der Waals surface area contributed by atoms with E-state index < -0.39 is 5.97 Å². The van der Waals surface area contributed by atoms with E-state index in [4.69, 9.17) is 5.11 Å². The monoisotopic (exact) mass is 324 g/mol.